The normalized spacial score (nSPS) is 18.8. The van der Waals surface area contributed by atoms with Crippen molar-refractivity contribution in [2.75, 3.05) is 13.1 Å². The molecule has 35 heavy (non-hydrogen) atoms. The van der Waals surface area contributed by atoms with Crippen molar-refractivity contribution in [2.45, 2.75) is 83.0 Å². The molecule has 0 bridgehead atoms. The lowest BCUT2D eigenvalue weighted by Crippen LogP contribution is -2.59. The van der Waals surface area contributed by atoms with Crippen LogP contribution in [0.15, 0.2) is 12.5 Å². The fraction of sp³-hybridized carbons (Fsp3) is 0.696. The Hall–Kier alpha value is -2.99. The molecule has 0 saturated carbocycles. The predicted octanol–water partition coefficient (Wildman–Crippen LogP) is -0.582. The number of carbonyl (C=O) groups excluding carboxylic acids is 3. The van der Waals surface area contributed by atoms with Gasteiger partial charge in [-0.3, -0.25) is 14.4 Å². The molecule has 8 N–H and O–H groups in total. The fourth-order valence-electron chi connectivity index (χ4n) is 3.97. The van der Waals surface area contributed by atoms with Crippen LogP contribution in [0, 0.1) is 5.92 Å². The number of aliphatic carboxylic acids is 1. The molecule has 1 fully saturated rings. The van der Waals surface area contributed by atoms with E-state index in [9.17, 15) is 24.3 Å². The summed E-state index contributed by atoms with van der Waals surface area (Å²) in [6.45, 7) is 4.86. The Morgan fingerprint density at radius 3 is 2.51 bits per heavy atom. The molecule has 12 heteroatoms. The van der Waals surface area contributed by atoms with Gasteiger partial charge in [0, 0.05) is 18.3 Å². The Labute approximate surface area is 205 Å². The van der Waals surface area contributed by atoms with Gasteiger partial charge in [-0.2, -0.15) is 0 Å². The van der Waals surface area contributed by atoms with Crippen LogP contribution in [0.1, 0.15) is 58.1 Å². The van der Waals surface area contributed by atoms with Crippen LogP contribution in [-0.2, 0) is 25.6 Å². The maximum absolute atomic E-state index is 13.3. The van der Waals surface area contributed by atoms with Crippen molar-refractivity contribution < 1.29 is 24.3 Å². The number of imidazole rings is 1. The lowest BCUT2D eigenvalue weighted by molar-refractivity contribution is -0.143. The molecule has 12 nitrogen and oxygen atoms in total. The van der Waals surface area contributed by atoms with E-state index < -0.39 is 35.9 Å². The zero-order valence-electron chi connectivity index (χ0n) is 20.5. The monoisotopic (exact) mass is 493 g/mol. The SMILES string of the molecule is CCC(C)C(NC(=O)C(Cc1cnc[nH]1)NC(=O)C1CCCN1)C(=O)NC(CCCCN)C(=O)O. The summed E-state index contributed by atoms with van der Waals surface area (Å²) in [5.74, 6) is -2.79. The zero-order chi connectivity index (χ0) is 25.8. The van der Waals surface area contributed by atoms with Crippen LogP contribution >= 0.6 is 0 Å². The molecule has 1 saturated heterocycles. The van der Waals surface area contributed by atoms with Gasteiger partial charge >= 0.3 is 5.97 Å². The van der Waals surface area contributed by atoms with Crippen LogP contribution in [0.5, 0.6) is 0 Å². The van der Waals surface area contributed by atoms with Gasteiger partial charge in [-0.15, -0.1) is 0 Å². The molecule has 1 aliphatic rings. The molecule has 3 amide bonds. The average molecular weight is 494 g/mol. The highest BCUT2D eigenvalue weighted by atomic mass is 16.4. The number of nitrogens with two attached hydrogens (primary N) is 1. The van der Waals surface area contributed by atoms with Crippen molar-refractivity contribution in [3.05, 3.63) is 18.2 Å². The number of carboxylic acid groups (broad SMARTS) is 1. The number of unbranched alkanes of at least 4 members (excludes halogenated alkanes) is 1. The summed E-state index contributed by atoms with van der Waals surface area (Å²) in [5, 5.41) is 20.7. The summed E-state index contributed by atoms with van der Waals surface area (Å²) in [6, 6.07) is -3.35. The van der Waals surface area contributed by atoms with E-state index in [1.165, 1.54) is 6.33 Å². The minimum atomic E-state index is -1.14. The maximum Gasteiger partial charge on any atom is 0.326 e. The first-order valence-electron chi connectivity index (χ1n) is 12.3. The summed E-state index contributed by atoms with van der Waals surface area (Å²) in [5.41, 5.74) is 6.13. The van der Waals surface area contributed by atoms with Gasteiger partial charge in [0.15, 0.2) is 0 Å². The zero-order valence-corrected chi connectivity index (χ0v) is 20.5. The number of carbonyl (C=O) groups is 4. The van der Waals surface area contributed by atoms with E-state index in [0.717, 1.165) is 13.0 Å². The van der Waals surface area contributed by atoms with E-state index >= 15 is 0 Å². The number of hydrogen-bond acceptors (Lipinski definition) is 7. The highest BCUT2D eigenvalue weighted by Gasteiger charge is 2.33. The molecule has 0 spiro atoms. The number of H-pyrrole nitrogens is 1. The van der Waals surface area contributed by atoms with Crippen molar-refractivity contribution in [3.63, 3.8) is 0 Å². The van der Waals surface area contributed by atoms with Gasteiger partial charge in [0.05, 0.1) is 12.4 Å². The molecular formula is C23H39N7O5. The van der Waals surface area contributed by atoms with E-state index in [2.05, 4.69) is 31.2 Å². The minimum Gasteiger partial charge on any atom is -0.480 e. The van der Waals surface area contributed by atoms with Gasteiger partial charge < -0.3 is 37.1 Å². The fourth-order valence-corrected chi connectivity index (χ4v) is 3.97. The summed E-state index contributed by atoms with van der Waals surface area (Å²) in [4.78, 5) is 57.6. The number of amides is 3. The van der Waals surface area contributed by atoms with E-state index in [1.54, 1.807) is 13.1 Å². The first kappa shape index (κ1) is 28.2. The van der Waals surface area contributed by atoms with Crippen molar-refractivity contribution in [1.82, 2.24) is 31.2 Å². The Balaban J connectivity index is 2.13. The Kier molecular flexibility index (Phi) is 11.6. The lowest BCUT2D eigenvalue weighted by Gasteiger charge is -2.28. The van der Waals surface area contributed by atoms with Gasteiger partial charge in [-0.1, -0.05) is 20.3 Å². The molecular weight excluding hydrogens is 454 g/mol. The summed E-state index contributed by atoms with van der Waals surface area (Å²) >= 11 is 0. The third-order valence-electron chi connectivity index (χ3n) is 6.34. The van der Waals surface area contributed by atoms with Gasteiger partial charge in [0.2, 0.25) is 17.7 Å². The maximum atomic E-state index is 13.3. The second-order valence-electron chi connectivity index (χ2n) is 9.05. The largest absolute Gasteiger partial charge is 0.480 e. The number of aromatic amines is 1. The number of nitrogens with zero attached hydrogens (tertiary/aromatic N) is 1. The second kappa shape index (κ2) is 14.4. The van der Waals surface area contributed by atoms with Crippen LogP contribution < -0.4 is 27.0 Å². The molecule has 2 heterocycles. The van der Waals surface area contributed by atoms with Crippen molar-refractivity contribution in [1.29, 1.82) is 0 Å². The molecule has 1 aliphatic heterocycles. The lowest BCUT2D eigenvalue weighted by atomic mass is 9.96. The number of aromatic nitrogens is 2. The van der Waals surface area contributed by atoms with E-state index in [-0.39, 0.29) is 30.7 Å². The predicted molar refractivity (Wildman–Crippen MR) is 129 cm³/mol. The molecule has 0 aliphatic carbocycles. The Morgan fingerprint density at radius 1 is 1.17 bits per heavy atom. The van der Waals surface area contributed by atoms with Crippen molar-refractivity contribution in [3.8, 4) is 0 Å². The quantitative estimate of drug-likeness (QED) is 0.158. The Bertz CT molecular complexity index is 826. The highest BCUT2D eigenvalue weighted by Crippen LogP contribution is 2.12. The smallest absolute Gasteiger partial charge is 0.326 e. The van der Waals surface area contributed by atoms with Crippen molar-refractivity contribution in [2.24, 2.45) is 11.7 Å². The van der Waals surface area contributed by atoms with Crippen LogP contribution in [-0.4, -0.2) is 76.0 Å². The van der Waals surface area contributed by atoms with E-state index in [0.29, 0.717) is 37.9 Å². The van der Waals surface area contributed by atoms with Crippen LogP contribution in [0.25, 0.3) is 0 Å². The number of carboxylic acids is 1. The first-order chi connectivity index (χ1) is 16.8. The van der Waals surface area contributed by atoms with E-state index in [4.69, 9.17) is 5.73 Å². The van der Waals surface area contributed by atoms with Gasteiger partial charge in [0.1, 0.15) is 18.1 Å². The Morgan fingerprint density at radius 2 is 1.94 bits per heavy atom. The third kappa shape index (κ3) is 8.95. The standard InChI is InChI=1S/C23H39N7O5/c1-3-14(2)19(22(33)28-17(23(34)35)7-4-5-9-24)30-21(32)18(11-15-12-25-13-27-15)29-20(31)16-8-6-10-26-16/h12-14,16-19,26H,3-11,24H2,1-2H3,(H,25,27)(H,28,33)(H,29,31)(H,30,32)(H,34,35). The van der Waals surface area contributed by atoms with Crippen LogP contribution in [0.3, 0.4) is 0 Å². The first-order valence-corrected chi connectivity index (χ1v) is 12.3. The summed E-state index contributed by atoms with van der Waals surface area (Å²) < 4.78 is 0. The highest BCUT2D eigenvalue weighted by molar-refractivity contribution is 5.94. The molecule has 0 radical (unpaired) electrons. The second-order valence-corrected chi connectivity index (χ2v) is 9.05. The van der Waals surface area contributed by atoms with Gasteiger partial charge in [-0.05, 0) is 51.1 Å². The van der Waals surface area contributed by atoms with Gasteiger partial charge in [-0.25, -0.2) is 9.78 Å². The number of nitrogens with one attached hydrogen (secondary N) is 5. The molecule has 0 aromatic carbocycles. The number of hydrogen-bond donors (Lipinski definition) is 7. The van der Waals surface area contributed by atoms with Crippen LogP contribution in [0.4, 0.5) is 0 Å². The van der Waals surface area contributed by atoms with Crippen molar-refractivity contribution >= 4 is 23.7 Å². The third-order valence-corrected chi connectivity index (χ3v) is 6.34. The molecule has 1 aromatic rings. The topological polar surface area (TPSA) is 191 Å². The van der Waals surface area contributed by atoms with E-state index in [1.807, 2.05) is 6.92 Å². The molecule has 5 unspecified atom stereocenters. The summed E-state index contributed by atoms with van der Waals surface area (Å²) in [7, 11) is 0. The number of rotatable bonds is 15. The molecule has 1 aromatic heterocycles. The average Bonchev–Trinajstić information content (AvgIpc) is 3.55. The molecule has 196 valence electrons. The van der Waals surface area contributed by atoms with Gasteiger partial charge in [0.25, 0.3) is 0 Å². The van der Waals surface area contributed by atoms with Crippen LogP contribution in [0.2, 0.25) is 0 Å². The summed E-state index contributed by atoms with van der Waals surface area (Å²) in [6.07, 6.45) is 6.80. The minimum absolute atomic E-state index is 0.163. The molecule has 2 rings (SSSR count). The molecule has 5 atom stereocenters.